The predicted molar refractivity (Wildman–Crippen MR) is 67.1 cm³/mol. The van der Waals surface area contributed by atoms with Crippen LogP contribution in [0.25, 0.3) is 0 Å². The number of benzene rings is 1. The summed E-state index contributed by atoms with van der Waals surface area (Å²) in [6.45, 7) is 3.33. The SMILES string of the molecule is Cc1cc(Oc2ncc(C(=O)O)cc2C)ccc1F. The number of ether oxygens (including phenoxy) is 1. The Labute approximate surface area is 109 Å². The van der Waals surface area contributed by atoms with Crippen molar-refractivity contribution in [2.45, 2.75) is 13.8 Å². The Hall–Kier alpha value is -2.43. The first-order chi connectivity index (χ1) is 8.97. The number of pyridine rings is 1. The third-order valence-corrected chi connectivity index (χ3v) is 2.62. The largest absolute Gasteiger partial charge is 0.478 e. The monoisotopic (exact) mass is 261 g/mol. The van der Waals surface area contributed by atoms with Gasteiger partial charge in [-0.1, -0.05) is 0 Å². The van der Waals surface area contributed by atoms with E-state index in [9.17, 15) is 9.18 Å². The maximum atomic E-state index is 13.1. The average Bonchev–Trinajstić information content (AvgIpc) is 2.36. The molecule has 1 N–H and O–H groups in total. The van der Waals surface area contributed by atoms with E-state index >= 15 is 0 Å². The van der Waals surface area contributed by atoms with Crippen LogP contribution in [-0.4, -0.2) is 16.1 Å². The number of aromatic carboxylic acids is 1. The van der Waals surface area contributed by atoms with E-state index < -0.39 is 5.97 Å². The van der Waals surface area contributed by atoms with Crippen molar-refractivity contribution in [1.82, 2.24) is 4.98 Å². The van der Waals surface area contributed by atoms with Gasteiger partial charge in [-0.15, -0.1) is 0 Å². The minimum Gasteiger partial charge on any atom is -0.478 e. The zero-order valence-electron chi connectivity index (χ0n) is 10.5. The number of halogens is 1. The summed E-state index contributed by atoms with van der Waals surface area (Å²) in [4.78, 5) is 14.7. The van der Waals surface area contributed by atoms with Crippen molar-refractivity contribution >= 4 is 5.97 Å². The van der Waals surface area contributed by atoms with Gasteiger partial charge in [0.05, 0.1) is 5.56 Å². The van der Waals surface area contributed by atoms with Gasteiger partial charge in [0, 0.05) is 11.8 Å². The number of aromatic nitrogens is 1. The van der Waals surface area contributed by atoms with E-state index in [1.54, 1.807) is 19.9 Å². The van der Waals surface area contributed by atoms with Gasteiger partial charge in [0.25, 0.3) is 0 Å². The number of carbonyl (C=O) groups is 1. The summed E-state index contributed by atoms with van der Waals surface area (Å²) in [5.41, 5.74) is 1.17. The van der Waals surface area contributed by atoms with Gasteiger partial charge in [0.1, 0.15) is 11.6 Å². The molecular formula is C14H12FNO3. The van der Waals surface area contributed by atoms with Crippen molar-refractivity contribution in [3.8, 4) is 11.6 Å². The number of hydrogen-bond acceptors (Lipinski definition) is 3. The van der Waals surface area contributed by atoms with E-state index in [1.165, 1.54) is 24.4 Å². The lowest BCUT2D eigenvalue weighted by atomic mass is 10.2. The summed E-state index contributed by atoms with van der Waals surface area (Å²) in [6, 6.07) is 5.84. The molecule has 1 aromatic carbocycles. The molecule has 0 amide bonds. The molecule has 0 saturated heterocycles. The molecule has 5 heteroatoms. The summed E-state index contributed by atoms with van der Waals surface area (Å²) >= 11 is 0. The van der Waals surface area contributed by atoms with Crippen LogP contribution in [-0.2, 0) is 0 Å². The smallest absolute Gasteiger partial charge is 0.337 e. The molecule has 2 aromatic rings. The highest BCUT2D eigenvalue weighted by molar-refractivity contribution is 5.87. The minimum atomic E-state index is -1.04. The van der Waals surface area contributed by atoms with Crippen LogP contribution >= 0.6 is 0 Å². The normalized spacial score (nSPS) is 10.3. The first kappa shape index (κ1) is 13.0. The van der Waals surface area contributed by atoms with Gasteiger partial charge in [0.15, 0.2) is 0 Å². The highest BCUT2D eigenvalue weighted by Gasteiger charge is 2.09. The van der Waals surface area contributed by atoms with E-state index in [0.29, 0.717) is 22.8 Å². The maximum absolute atomic E-state index is 13.1. The number of carboxylic acids is 1. The predicted octanol–water partition coefficient (Wildman–Crippen LogP) is 3.33. The summed E-state index contributed by atoms with van der Waals surface area (Å²) in [5, 5.41) is 8.83. The van der Waals surface area contributed by atoms with E-state index in [-0.39, 0.29) is 11.4 Å². The van der Waals surface area contributed by atoms with Gasteiger partial charge in [0.2, 0.25) is 5.88 Å². The van der Waals surface area contributed by atoms with Crippen LogP contribution in [0.4, 0.5) is 4.39 Å². The Morgan fingerprint density at radius 3 is 2.58 bits per heavy atom. The topological polar surface area (TPSA) is 59.4 Å². The van der Waals surface area contributed by atoms with Crippen LogP contribution in [0.2, 0.25) is 0 Å². The van der Waals surface area contributed by atoms with Gasteiger partial charge in [-0.25, -0.2) is 14.2 Å². The Morgan fingerprint density at radius 1 is 1.26 bits per heavy atom. The molecule has 2 rings (SSSR count). The lowest BCUT2D eigenvalue weighted by Crippen LogP contribution is -2.00. The van der Waals surface area contributed by atoms with Crippen LogP contribution < -0.4 is 4.74 Å². The molecule has 0 aliphatic rings. The molecule has 19 heavy (non-hydrogen) atoms. The minimum absolute atomic E-state index is 0.0973. The Balaban J connectivity index is 2.28. The van der Waals surface area contributed by atoms with Crippen molar-refractivity contribution in [3.63, 3.8) is 0 Å². The summed E-state index contributed by atoms with van der Waals surface area (Å²) < 4.78 is 18.6. The van der Waals surface area contributed by atoms with Crippen molar-refractivity contribution in [1.29, 1.82) is 0 Å². The molecule has 0 atom stereocenters. The molecule has 0 aliphatic heterocycles. The first-order valence-corrected chi connectivity index (χ1v) is 5.61. The fraction of sp³-hybridized carbons (Fsp3) is 0.143. The highest BCUT2D eigenvalue weighted by Crippen LogP contribution is 2.24. The fourth-order valence-electron chi connectivity index (χ4n) is 1.58. The van der Waals surface area contributed by atoms with Crippen molar-refractivity contribution in [2.75, 3.05) is 0 Å². The van der Waals surface area contributed by atoms with Gasteiger partial charge < -0.3 is 9.84 Å². The quantitative estimate of drug-likeness (QED) is 0.920. The van der Waals surface area contributed by atoms with E-state index in [0.717, 1.165) is 0 Å². The lowest BCUT2D eigenvalue weighted by Gasteiger charge is -2.08. The molecule has 1 aromatic heterocycles. The standard InChI is InChI=1S/C14H12FNO3/c1-8-6-11(3-4-12(8)15)19-13-9(2)5-10(7-16-13)14(17)18/h3-7H,1-2H3,(H,17,18). The zero-order valence-corrected chi connectivity index (χ0v) is 10.5. The Morgan fingerprint density at radius 2 is 2.00 bits per heavy atom. The van der Waals surface area contributed by atoms with Crippen LogP contribution in [0.15, 0.2) is 30.5 Å². The number of carboxylic acid groups (broad SMARTS) is 1. The summed E-state index contributed by atoms with van der Waals surface area (Å²) in [6.07, 6.45) is 1.22. The molecule has 0 aliphatic carbocycles. The molecule has 1 heterocycles. The van der Waals surface area contributed by atoms with E-state index in [2.05, 4.69) is 4.98 Å². The van der Waals surface area contributed by atoms with Crippen LogP contribution in [0.1, 0.15) is 21.5 Å². The van der Waals surface area contributed by atoms with Crippen molar-refractivity contribution in [3.05, 3.63) is 53.0 Å². The molecule has 0 radical (unpaired) electrons. The van der Waals surface area contributed by atoms with E-state index in [1.807, 2.05) is 0 Å². The second-order valence-corrected chi connectivity index (χ2v) is 4.16. The lowest BCUT2D eigenvalue weighted by molar-refractivity contribution is 0.0696. The molecule has 0 spiro atoms. The molecule has 0 bridgehead atoms. The van der Waals surface area contributed by atoms with Crippen LogP contribution in [0, 0.1) is 19.7 Å². The first-order valence-electron chi connectivity index (χ1n) is 5.61. The van der Waals surface area contributed by atoms with E-state index in [4.69, 9.17) is 9.84 Å². The molecule has 0 unspecified atom stereocenters. The molecule has 4 nitrogen and oxygen atoms in total. The maximum Gasteiger partial charge on any atom is 0.337 e. The number of rotatable bonds is 3. The van der Waals surface area contributed by atoms with Gasteiger partial charge in [-0.3, -0.25) is 0 Å². The Bertz CT molecular complexity index is 641. The Kier molecular flexibility index (Phi) is 3.46. The average molecular weight is 261 g/mol. The number of hydrogen-bond donors (Lipinski definition) is 1. The highest BCUT2D eigenvalue weighted by atomic mass is 19.1. The number of aryl methyl sites for hydroxylation is 2. The molecular weight excluding hydrogens is 249 g/mol. The van der Waals surface area contributed by atoms with Gasteiger partial charge in [-0.05, 0) is 43.7 Å². The third kappa shape index (κ3) is 2.88. The summed E-state index contributed by atoms with van der Waals surface area (Å²) in [5.74, 6) is -0.591. The second-order valence-electron chi connectivity index (χ2n) is 4.16. The molecule has 98 valence electrons. The van der Waals surface area contributed by atoms with Gasteiger partial charge in [-0.2, -0.15) is 0 Å². The third-order valence-electron chi connectivity index (χ3n) is 2.62. The molecule has 0 fully saturated rings. The van der Waals surface area contributed by atoms with Crippen LogP contribution in [0.5, 0.6) is 11.6 Å². The number of nitrogens with zero attached hydrogens (tertiary/aromatic N) is 1. The van der Waals surface area contributed by atoms with Gasteiger partial charge >= 0.3 is 5.97 Å². The zero-order chi connectivity index (χ0) is 14.0. The van der Waals surface area contributed by atoms with Crippen LogP contribution in [0.3, 0.4) is 0 Å². The fourth-order valence-corrected chi connectivity index (χ4v) is 1.58. The molecule has 0 saturated carbocycles. The summed E-state index contributed by atoms with van der Waals surface area (Å²) in [7, 11) is 0. The second kappa shape index (κ2) is 5.06. The van der Waals surface area contributed by atoms with Crippen molar-refractivity contribution < 1.29 is 19.0 Å². The van der Waals surface area contributed by atoms with Crippen molar-refractivity contribution in [2.24, 2.45) is 0 Å².